The molecule has 152 valence electrons. The van der Waals surface area contributed by atoms with Crippen molar-refractivity contribution < 1.29 is 18.7 Å². The zero-order valence-electron chi connectivity index (χ0n) is 16.9. The van der Waals surface area contributed by atoms with E-state index in [9.17, 15) is 9.59 Å². The first kappa shape index (κ1) is 18.5. The highest BCUT2D eigenvalue weighted by Gasteiger charge is 2.55. The van der Waals surface area contributed by atoms with E-state index < -0.39 is 23.7 Å². The van der Waals surface area contributed by atoms with Crippen molar-refractivity contribution in [1.29, 1.82) is 0 Å². The standard InChI is InChI=1S/C24H22N2O4/c1-3-16-10-12-17(13-11-16)26-23(28)25(22(27)21-9-6-14-29-21)19-15-24(26,2)30-20-8-5-4-7-18(19)20/h4-14,19H,3,15H2,1-2H3/t19-,24-/m1/s1. The second-order valence-corrected chi connectivity index (χ2v) is 7.83. The highest BCUT2D eigenvalue weighted by Crippen LogP contribution is 2.49. The van der Waals surface area contributed by atoms with Gasteiger partial charge in [0.1, 0.15) is 5.75 Å². The van der Waals surface area contributed by atoms with Gasteiger partial charge in [-0.2, -0.15) is 0 Å². The number of aryl methyl sites for hydroxylation is 1. The molecule has 2 aromatic carbocycles. The van der Waals surface area contributed by atoms with Gasteiger partial charge >= 0.3 is 6.03 Å². The SMILES string of the molecule is CCc1ccc(N2C(=O)N(C(=O)c3ccco3)[C@@H]3C[C@@]2(C)Oc2ccccc23)cc1. The lowest BCUT2D eigenvalue weighted by Gasteiger charge is -2.53. The van der Waals surface area contributed by atoms with Gasteiger partial charge in [-0.05, 0) is 49.2 Å². The van der Waals surface area contributed by atoms with Crippen molar-refractivity contribution in [3.05, 3.63) is 83.8 Å². The maximum atomic E-state index is 13.8. The Morgan fingerprint density at radius 2 is 1.87 bits per heavy atom. The van der Waals surface area contributed by atoms with E-state index >= 15 is 0 Å². The van der Waals surface area contributed by atoms with Crippen molar-refractivity contribution in [2.45, 2.75) is 38.5 Å². The number of para-hydroxylation sites is 1. The van der Waals surface area contributed by atoms with Crippen LogP contribution in [0.1, 0.15) is 48.0 Å². The molecule has 0 radical (unpaired) electrons. The zero-order chi connectivity index (χ0) is 20.9. The van der Waals surface area contributed by atoms with Crippen LogP contribution in [0.4, 0.5) is 10.5 Å². The number of rotatable bonds is 3. The van der Waals surface area contributed by atoms with Gasteiger partial charge in [-0.1, -0.05) is 37.3 Å². The summed E-state index contributed by atoms with van der Waals surface area (Å²) in [5.41, 5.74) is 1.77. The zero-order valence-corrected chi connectivity index (χ0v) is 16.9. The Morgan fingerprint density at radius 3 is 2.57 bits per heavy atom. The number of amides is 3. The highest BCUT2D eigenvalue weighted by atomic mass is 16.5. The summed E-state index contributed by atoms with van der Waals surface area (Å²) in [7, 11) is 0. The lowest BCUT2D eigenvalue weighted by atomic mass is 9.88. The van der Waals surface area contributed by atoms with E-state index in [2.05, 4.69) is 6.92 Å². The molecule has 5 rings (SSSR count). The first-order chi connectivity index (χ1) is 14.5. The summed E-state index contributed by atoms with van der Waals surface area (Å²) in [6.07, 6.45) is 2.79. The van der Waals surface area contributed by atoms with Crippen molar-refractivity contribution in [2.75, 3.05) is 4.90 Å². The van der Waals surface area contributed by atoms with Gasteiger partial charge in [0.15, 0.2) is 11.5 Å². The average Bonchev–Trinajstić information content (AvgIpc) is 3.28. The fourth-order valence-corrected chi connectivity index (χ4v) is 4.42. The molecule has 0 N–H and O–H groups in total. The predicted molar refractivity (Wildman–Crippen MR) is 111 cm³/mol. The topological polar surface area (TPSA) is 63.0 Å². The van der Waals surface area contributed by atoms with E-state index in [0.29, 0.717) is 17.9 Å². The molecule has 3 heterocycles. The number of ether oxygens (including phenoxy) is 1. The molecule has 2 atom stereocenters. The van der Waals surface area contributed by atoms with E-state index in [0.717, 1.165) is 12.0 Å². The Morgan fingerprint density at radius 1 is 1.10 bits per heavy atom. The Kier molecular flexibility index (Phi) is 4.17. The molecule has 0 aliphatic carbocycles. The molecule has 6 heteroatoms. The van der Waals surface area contributed by atoms with Crippen LogP contribution < -0.4 is 9.64 Å². The minimum Gasteiger partial charge on any atom is -0.467 e. The summed E-state index contributed by atoms with van der Waals surface area (Å²) >= 11 is 0. The Labute approximate surface area is 174 Å². The molecule has 1 saturated heterocycles. The van der Waals surface area contributed by atoms with Gasteiger partial charge in [-0.15, -0.1) is 0 Å². The van der Waals surface area contributed by atoms with Crippen LogP contribution >= 0.6 is 0 Å². The molecule has 2 aliphatic heterocycles. The predicted octanol–water partition coefficient (Wildman–Crippen LogP) is 5.16. The molecular formula is C24H22N2O4. The maximum Gasteiger partial charge on any atom is 0.335 e. The van der Waals surface area contributed by atoms with Gasteiger partial charge in [-0.3, -0.25) is 9.69 Å². The molecule has 2 bridgehead atoms. The fraction of sp³-hybridized carbons (Fsp3) is 0.250. The monoisotopic (exact) mass is 402 g/mol. The summed E-state index contributed by atoms with van der Waals surface area (Å²) in [6, 6.07) is 17.7. The molecule has 0 spiro atoms. The van der Waals surface area contributed by atoms with Gasteiger partial charge in [0.2, 0.25) is 0 Å². The lowest BCUT2D eigenvalue weighted by molar-refractivity contribution is 0.00174. The number of furan rings is 1. The third-order valence-corrected chi connectivity index (χ3v) is 5.92. The molecular weight excluding hydrogens is 380 g/mol. The molecule has 2 aliphatic rings. The first-order valence-corrected chi connectivity index (χ1v) is 10.1. The maximum absolute atomic E-state index is 13.8. The molecule has 0 saturated carbocycles. The minimum atomic E-state index is -0.913. The second kappa shape index (κ2) is 6.76. The Hall–Kier alpha value is -3.54. The second-order valence-electron chi connectivity index (χ2n) is 7.83. The van der Waals surface area contributed by atoms with Crippen LogP contribution in [-0.2, 0) is 6.42 Å². The molecule has 30 heavy (non-hydrogen) atoms. The van der Waals surface area contributed by atoms with Crippen molar-refractivity contribution in [1.82, 2.24) is 4.90 Å². The molecule has 6 nitrogen and oxygen atoms in total. The third kappa shape index (κ3) is 2.71. The van der Waals surface area contributed by atoms with Gasteiger partial charge < -0.3 is 9.15 Å². The van der Waals surface area contributed by atoms with Gasteiger partial charge in [0, 0.05) is 17.7 Å². The van der Waals surface area contributed by atoms with Gasteiger partial charge in [0.05, 0.1) is 12.3 Å². The number of imide groups is 1. The van der Waals surface area contributed by atoms with Crippen LogP contribution in [0.2, 0.25) is 0 Å². The number of hydrogen-bond donors (Lipinski definition) is 0. The van der Waals surface area contributed by atoms with Gasteiger partial charge in [0.25, 0.3) is 5.91 Å². The van der Waals surface area contributed by atoms with Crippen LogP contribution in [-0.4, -0.2) is 22.6 Å². The van der Waals surface area contributed by atoms with Crippen LogP contribution in [0, 0.1) is 0 Å². The summed E-state index contributed by atoms with van der Waals surface area (Å²) < 4.78 is 11.7. The smallest absolute Gasteiger partial charge is 0.335 e. The van der Waals surface area contributed by atoms with E-state index in [1.54, 1.807) is 17.0 Å². The molecule has 0 unspecified atom stereocenters. The number of fused-ring (bicyclic) bond motifs is 4. The third-order valence-electron chi connectivity index (χ3n) is 5.92. The van der Waals surface area contributed by atoms with E-state index in [1.165, 1.54) is 16.7 Å². The molecule has 1 aromatic heterocycles. The Bertz CT molecular complexity index is 1110. The number of urea groups is 1. The number of nitrogens with zero attached hydrogens (tertiary/aromatic N) is 2. The minimum absolute atomic E-state index is 0.136. The quantitative estimate of drug-likeness (QED) is 0.607. The largest absolute Gasteiger partial charge is 0.467 e. The highest BCUT2D eigenvalue weighted by molar-refractivity contribution is 6.09. The normalized spacial score (nSPS) is 22.5. The number of anilines is 1. The number of hydrogen-bond acceptors (Lipinski definition) is 4. The van der Waals surface area contributed by atoms with E-state index in [4.69, 9.17) is 9.15 Å². The van der Waals surface area contributed by atoms with E-state index in [-0.39, 0.29) is 5.76 Å². The molecule has 3 aromatic rings. The van der Waals surface area contributed by atoms with Crippen molar-refractivity contribution in [3.8, 4) is 5.75 Å². The summed E-state index contributed by atoms with van der Waals surface area (Å²) in [4.78, 5) is 29.9. The number of benzene rings is 2. The van der Waals surface area contributed by atoms with E-state index in [1.807, 2.05) is 55.5 Å². The average molecular weight is 402 g/mol. The van der Waals surface area contributed by atoms with Crippen molar-refractivity contribution >= 4 is 17.6 Å². The van der Waals surface area contributed by atoms with Crippen molar-refractivity contribution in [3.63, 3.8) is 0 Å². The summed E-state index contributed by atoms with van der Waals surface area (Å²) in [6.45, 7) is 3.98. The van der Waals surface area contributed by atoms with Crippen molar-refractivity contribution in [2.24, 2.45) is 0 Å². The van der Waals surface area contributed by atoms with Crippen LogP contribution in [0.3, 0.4) is 0 Å². The molecule has 3 amide bonds. The summed E-state index contributed by atoms with van der Waals surface area (Å²) in [5.74, 6) is 0.359. The molecule has 1 fully saturated rings. The van der Waals surface area contributed by atoms with Crippen LogP contribution in [0.5, 0.6) is 5.75 Å². The number of carbonyl (C=O) groups excluding carboxylic acids is 2. The summed E-state index contributed by atoms with van der Waals surface area (Å²) in [5, 5.41) is 0. The number of carbonyl (C=O) groups is 2. The van der Waals surface area contributed by atoms with Crippen LogP contribution in [0.15, 0.2) is 71.3 Å². The lowest BCUT2D eigenvalue weighted by Crippen LogP contribution is -2.67. The Balaban J connectivity index is 1.66. The fourth-order valence-electron chi connectivity index (χ4n) is 4.42. The van der Waals surface area contributed by atoms with Gasteiger partial charge in [-0.25, -0.2) is 9.69 Å². The first-order valence-electron chi connectivity index (χ1n) is 10.1. The van der Waals surface area contributed by atoms with Crippen LogP contribution in [0.25, 0.3) is 0 Å².